The molecule has 0 spiro atoms. The van der Waals surface area contributed by atoms with Gasteiger partial charge in [0.1, 0.15) is 6.04 Å². The maximum Gasteiger partial charge on any atom is 0.242 e. The van der Waals surface area contributed by atoms with Crippen LogP contribution < -0.4 is 9.62 Å². The first-order valence-corrected chi connectivity index (χ1v) is 15.0. The summed E-state index contributed by atoms with van der Waals surface area (Å²) in [5.74, 6) is -0.405. The predicted octanol–water partition coefficient (Wildman–Crippen LogP) is 4.89. The molecular weight excluding hydrogens is 542 g/mol. The Bertz CT molecular complexity index is 1120. The largest absolute Gasteiger partial charge is 0.352 e. The van der Waals surface area contributed by atoms with Gasteiger partial charge in [0.2, 0.25) is 21.8 Å². The van der Waals surface area contributed by atoms with E-state index in [1.165, 1.54) is 10.6 Å². The fourth-order valence-electron chi connectivity index (χ4n) is 3.78. The fourth-order valence-corrected chi connectivity index (χ4v) is 5.19. The molecule has 0 aromatic heterocycles. The van der Waals surface area contributed by atoms with Crippen molar-refractivity contribution in [2.24, 2.45) is 0 Å². The number of nitrogens with one attached hydrogen (secondary N) is 1. The Morgan fingerprint density at radius 3 is 2.25 bits per heavy atom. The highest BCUT2D eigenvalue weighted by molar-refractivity contribution is 9.10. The maximum atomic E-state index is 13.4. The van der Waals surface area contributed by atoms with Crippen molar-refractivity contribution in [3.8, 4) is 0 Å². The van der Waals surface area contributed by atoms with Crippen molar-refractivity contribution in [3.63, 3.8) is 0 Å². The second-order valence-corrected chi connectivity index (χ2v) is 11.9. The van der Waals surface area contributed by atoms with Crippen molar-refractivity contribution < 1.29 is 18.0 Å². The van der Waals surface area contributed by atoms with Crippen LogP contribution in [0.3, 0.4) is 0 Å². The van der Waals surface area contributed by atoms with Gasteiger partial charge in [-0.25, -0.2) is 8.42 Å². The summed E-state index contributed by atoms with van der Waals surface area (Å²) in [5.41, 5.74) is 2.60. The highest BCUT2D eigenvalue weighted by atomic mass is 79.9. The molecule has 2 atom stereocenters. The van der Waals surface area contributed by atoms with Gasteiger partial charge in [0.05, 0.1) is 11.9 Å². The van der Waals surface area contributed by atoms with Crippen LogP contribution >= 0.6 is 15.9 Å². The molecule has 2 aromatic carbocycles. The summed E-state index contributed by atoms with van der Waals surface area (Å²) in [4.78, 5) is 27.8. The molecule has 1 N–H and O–H groups in total. The van der Waals surface area contributed by atoms with Gasteiger partial charge in [0, 0.05) is 30.0 Å². The fraction of sp³-hybridized carbons (Fsp3) is 0.481. The lowest BCUT2D eigenvalue weighted by Crippen LogP contribution is -2.49. The Labute approximate surface area is 224 Å². The van der Waals surface area contributed by atoms with Crippen LogP contribution in [0.5, 0.6) is 0 Å². The van der Waals surface area contributed by atoms with Crippen molar-refractivity contribution >= 4 is 43.5 Å². The van der Waals surface area contributed by atoms with E-state index < -0.39 is 16.1 Å². The normalized spacial score (nSPS) is 13.1. The minimum atomic E-state index is -3.52. The van der Waals surface area contributed by atoms with Gasteiger partial charge in [0.15, 0.2) is 0 Å². The number of anilines is 1. The van der Waals surface area contributed by atoms with E-state index in [0.29, 0.717) is 12.1 Å². The number of amides is 2. The van der Waals surface area contributed by atoms with E-state index >= 15 is 0 Å². The average Bonchev–Trinajstić information content (AvgIpc) is 2.83. The van der Waals surface area contributed by atoms with E-state index in [2.05, 4.69) is 21.2 Å². The van der Waals surface area contributed by atoms with Crippen LogP contribution in [-0.4, -0.2) is 50.0 Å². The molecule has 0 bridgehead atoms. The standard InChI is InChI=1S/C27H38BrN3O4S/c1-6-20(3)29-27(33)21(4)30(19-23-10-8-11-24(28)18-23)26(32)12-9-17-31(36(5,34)35)25-15-13-22(7-2)14-16-25/h8,10-11,13-16,18,20-21H,6-7,9,12,17,19H2,1-5H3,(H,29,33)/t20-,21-/m1/s1. The van der Waals surface area contributed by atoms with E-state index in [4.69, 9.17) is 0 Å². The Morgan fingerprint density at radius 1 is 1.03 bits per heavy atom. The summed E-state index contributed by atoms with van der Waals surface area (Å²) < 4.78 is 27.2. The molecule has 0 radical (unpaired) electrons. The van der Waals surface area contributed by atoms with Crippen LogP contribution in [0.2, 0.25) is 0 Å². The summed E-state index contributed by atoms with van der Waals surface area (Å²) >= 11 is 3.46. The van der Waals surface area contributed by atoms with Gasteiger partial charge < -0.3 is 10.2 Å². The molecule has 198 valence electrons. The van der Waals surface area contributed by atoms with Gasteiger partial charge in [-0.1, -0.05) is 54.0 Å². The number of nitrogens with zero attached hydrogens (tertiary/aromatic N) is 2. The highest BCUT2D eigenvalue weighted by Gasteiger charge is 2.27. The summed E-state index contributed by atoms with van der Waals surface area (Å²) in [7, 11) is -3.52. The molecule has 2 rings (SSSR count). The molecule has 0 saturated carbocycles. The number of carbonyl (C=O) groups is 2. The topological polar surface area (TPSA) is 86.8 Å². The lowest BCUT2D eigenvalue weighted by molar-refractivity contribution is -0.140. The summed E-state index contributed by atoms with van der Waals surface area (Å²) in [6.07, 6.45) is 3.27. The number of sulfonamides is 1. The smallest absolute Gasteiger partial charge is 0.242 e. The molecule has 2 aromatic rings. The molecule has 0 aliphatic carbocycles. The predicted molar refractivity (Wildman–Crippen MR) is 149 cm³/mol. The third-order valence-corrected chi connectivity index (χ3v) is 7.88. The first-order valence-electron chi connectivity index (χ1n) is 12.4. The molecule has 9 heteroatoms. The van der Waals surface area contributed by atoms with Crippen LogP contribution in [0.25, 0.3) is 0 Å². The van der Waals surface area contributed by atoms with E-state index in [-0.39, 0.29) is 37.4 Å². The van der Waals surface area contributed by atoms with Crippen LogP contribution in [0.4, 0.5) is 5.69 Å². The number of rotatable bonds is 13. The lowest BCUT2D eigenvalue weighted by Gasteiger charge is -2.30. The van der Waals surface area contributed by atoms with Crippen LogP contribution in [0.15, 0.2) is 53.0 Å². The zero-order valence-corrected chi connectivity index (χ0v) is 24.2. The molecule has 2 amide bonds. The molecule has 36 heavy (non-hydrogen) atoms. The second kappa shape index (κ2) is 13.8. The van der Waals surface area contributed by atoms with Gasteiger partial charge in [-0.15, -0.1) is 0 Å². The summed E-state index contributed by atoms with van der Waals surface area (Å²) in [6.45, 7) is 8.14. The monoisotopic (exact) mass is 579 g/mol. The third kappa shape index (κ3) is 8.92. The van der Waals surface area contributed by atoms with Gasteiger partial charge in [-0.05, 0) is 68.5 Å². The Hall–Kier alpha value is -2.39. The zero-order valence-electron chi connectivity index (χ0n) is 21.8. The molecular formula is C27H38BrN3O4S. The summed E-state index contributed by atoms with van der Waals surface area (Å²) in [5, 5.41) is 2.96. The van der Waals surface area contributed by atoms with E-state index in [1.54, 1.807) is 24.0 Å². The van der Waals surface area contributed by atoms with Crippen molar-refractivity contribution in [1.29, 1.82) is 0 Å². The molecule has 0 aliphatic heterocycles. The molecule has 0 fully saturated rings. The molecule has 0 aliphatic rings. The SMILES string of the molecule is CCc1ccc(N(CCCC(=O)N(Cc2cccc(Br)c2)[C@H](C)C(=O)N[C@H](C)CC)S(C)(=O)=O)cc1. The third-order valence-electron chi connectivity index (χ3n) is 6.20. The quantitative estimate of drug-likeness (QED) is 0.366. The average molecular weight is 581 g/mol. The number of hydrogen-bond acceptors (Lipinski definition) is 4. The van der Waals surface area contributed by atoms with E-state index in [9.17, 15) is 18.0 Å². The number of benzene rings is 2. The second-order valence-electron chi connectivity index (χ2n) is 9.10. The van der Waals surface area contributed by atoms with Crippen LogP contribution in [0, 0.1) is 0 Å². The number of carbonyl (C=O) groups excluding carboxylic acids is 2. The van der Waals surface area contributed by atoms with Crippen LogP contribution in [0.1, 0.15) is 58.1 Å². The van der Waals surface area contributed by atoms with Crippen molar-refractivity contribution in [3.05, 3.63) is 64.1 Å². The lowest BCUT2D eigenvalue weighted by atomic mass is 10.1. The number of hydrogen-bond donors (Lipinski definition) is 1. The Balaban J connectivity index is 2.17. The van der Waals surface area contributed by atoms with Gasteiger partial charge in [-0.3, -0.25) is 13.9 Å². The van der Waals surface area contributed by atoms with Crippen molar-refractivity contribution in [2.45, 2.75) is 72.0 Å². The van der Waals surface area contributed by atoms with E-state index in [0.717, 1.165) is 28.4 Å². The van der Waals surface area contributed by atoms with Gasteiger partial charge in [-0.2, -0.15) is 0 Å². The first kappa shape index (κ1) is 29.8. The zero-order chi connectivity index (χ0) is 26.9. The number of halogens is 1. The maximum absolute atomic E-state index is 13.4. The van der Waals surface area contributed by atoms with Crippen molar-refractivity contribution in [1.82, 2.24) is 10.2 Å². The minimum Gasteiger partial charge on any atom is -0.352 e. The van der Waals surface area contributed by atoms with E-state index in [1.807, 2.05) is 57.2 Å². The molecule has 0 unspecified atom stereocenters. The number of aryl methyl sites for hydroxylation is 1. The first-order chi connectivity index (χ1) is 17.0. The molecule has 0 heterocycles. The van der Waals surface area contributed by atoms with Gasteiger partial charge in [0.25, 0.3) is 0 Å². The highest BCUT2D eigenvalue weighted by Crippen LogP contribution is 2.21. The van der Waals surface area contributed by atoms with Crippen LogP contribution in [-0.2, 0) is 32.6 Å². The molecule has 0 saturated heterocycles. The Kier molecular flexibility index (Phi) is 11.4. The van der Waals surface area contributed by atoms with Crippen molar-refractivity contribution in [2.75, 3.05) is 17.1 Å². The Morgan fingerprint density at radius 2 is 1.69 bits per heavy atom. The molecule has 7 nitrogen and oxygen atoms in total. The van der Waals surface area contributed by atoms with Gasteiger partial charge >= 0.3 is 0 Å². The minimum absolute atomic E-state index is 0.00480. The summed E-state index contributed by atoms with van der Waals surface area (Å²) in [6, 6.07) is 14.4.